The van der Waals surface area contributed by atoms with Crippen LogP contribution >= 0.6 is 0 Å². The molecule has 0 spiro atoms. The molecule has 1 fully saturated rings. The number of rotatable bonds is 6. The molecule has 1 aliphatic carbocycles. The van der Waals surface area contributed by atoms with Gasteiger partial charge < -0.3 is 5.32 Å². The first-order chi connectivity index (χ1) is 7.35. The second kappa shape index (κ2) is 4.79. The first-order valence-corrected chi connectivity index (χ1v) is 6.10. The summed E-state index contributed by atoms with van der Waals surface area (Å²) in [4.78, 5) is 0. The molecular formula is C12H21N3. The molecule has 3 nitrogen and oxygen atoms in total. The topological polar surface area (TPSA) is 29.9 Å². The molecule has 84 valence electrons. The molecule has 1 unspecified atom stereocenters. The molecule has 0 saturated heterocycles. The fourth-order valence-electron chi connectivity index (χ4n) is 2.00. The van der Waals surface area contributed by atoms with Crippen LogP contribution in [0.1, 0.15) is 44.7 Å². The summed E-state index contributed by atoms with van der Waals surface area (Å²) in [6.07, 6.45) is 8.16. The van der Waals surface area contributed by atoms with Gasteiger partial charge in [-0.25, -0.2) is 0 Å². The molecule has 0 bridgehead atoms. The molecule has 15 heavy (non-hydrogen) atoms. The maximum atomic E-state index is 4.35. The van der Waals surface area contributed by atoms with E-state index in [9.17, 15) is 0 Å². The lowest BCUT2D eigenvalue weighted by Gasteiger charge is -2.15. The Hall–Kier alpha value is -0.830. The van der Waals surface area contributed by atoms with Crippen molar-refractivity contribution < 1.29 is 0 Å². The van der Waals surface area contributed by atoms with Crippen molar-refractivity contribution in [1.29, 1.82) is 0 Å². The SMILES string of the molecule is CCCNC(c1cnn(CC)c1)C1CC1. The molecule has 1 aromatic heterocycles. The van der Waals surface area contributed by atoms with E-state index >= 15 is 0 Å². The molecule has 2 rings (SSSR count). The summed E-state index contributed by atoms with van der Waals surface area (Å²) >= 11 is 0. The second-order valence-corrected chi connectivity index (χ2v) is 4.40. The summed E-state index contributed by atoms with van der Waals surface area (Å²) in [5.74, 6) is 0.853. The third-order valence-corrected chi connectivity index (χ3v) is 3.04. The summed E-state index contributed by atoms with van der Waals surface area (Å²) in [5, 5.41) is 7.98. The van der Waals surface area contributed by atoms with Gasteiger partial charge >= 0.3 is 0 Å². The summed E-state index contributed by atoms with van der Waals surface area (Å²) in [5.41, 5.74) is 1.37. The Morgan fingerprint density at radius 3 is 2.87 bits per heavy atom. The van der Waals surface area contributed by atoms with Gasteiger partial charge in [-0.3, -0.25) is 4.68 Å². The predicted octanol–water partition coefficient (Wildman–Crippen LogP) is 2.35. The van der Waals surface area contributed by atoms with Crippen LogP contribution in [0.2, 0.25) is 0 Å². The minimum absolute atomic E-state index is 0.547. The number of hydrogen-bond donors (Lipinski definition) is 1. The number of nitrogens with one attached hydrogen (secondary N) is 1. The van der Waals surface area contributed by atoms with E-state index in [1.54, 1.807) is 0 Å². The molecular weight excluding hydrogens is 186 g/mol. The van der Waals surface area contributed by atoms with Crippen LogP contribution in [0.3, 0.4) is 0 Å². The summed E-state index contributed by atoms with van der Waals surface area (Å²) in [7, 11) is 0. The van der Waals surface area contributed by atoms with Gasteiger partial charge in [0.2, 0.25) is 0 Å². The predicted molar refractivity (Wildman–Crippen MR) is 61.7 cm³/mol. The fraction of sp³-hybridized carbons (Fsp3) is 0.750. The van der Waals surface area contributed by atoms with Gasteiger partial charge in [0.15, 0.2) is 0 Å². The Morgan fingerprint density at radius 1 is 1.53 bits per heavy atom. The van der Waals surface area contributed by atoms with E-state index in [4.69, 9.17) is 0 Å². The normalized spacial score (nSPS) is 18.0. The van der Waals surface area contributed by atoms with Crippen LogP contribution in [-0.2, 0) is 6.54 Å². The first-order valence-electron chi connectivity index (χ1n) is 6.10. The van der Waals surface area contributed by atoms with E-state index < -0.39 is 0 Å². The Balaban J connectivity index is 2.02. The molecule has 0 radical (unpaired) electrons. The van der Waals surface area contributed by atoms with Crippen LogP contribution in [0, 0.1) is 5.92 Å². The second-order valence-electron chi connectivity index (χ2n) is 4.40. The molecule has 3 heteroatoms. The smallest absolute Gasteiger partial charge is 0.0537 e. The van der Waals surface area contributed by atoms with Crippen LogP contribution in [-0.4, -0.2) is 16.3 Å². The van der Waals surface area contributed by atoms with Crippen molar-refractivity contribution >= 4 is 0 Å². The highest BCUT2D eigenvalue weighted by atomic mass is 15.3. The first kappa shape index (κ1) is 10.7. The molecule has 0 aliphatic heterocycles. The van der Waals surface area contributed by atoms with Crippen molar-refractivity contribution in [1.82, 2.24) is 15.1 Å². The monoisotopic (exact) mass is 207 g/mol. The van der Waals surface area contributed by atoms with Gasteiger partial charge in [0.05, 0.1) is 6.20 Å². The molecule has 0 aromatic carbocycles. The molecule has 1 N–H and O–H groups in total. The van der Waals surface area contributed by atoms with Crippen molar-refractivity contribution in [3.63, 3.8) is 0 Å². The zero-order valence-electron chi connectivity index (χ0n) is 9.74. The molecule has 1 saturated carbocycles. The molecule has 1 heterocycles. The average Bonchev–Trinajstić information content (AvgIpc) is 2.97. The standard InChI is InChI=1S/C12H21N3/c1-3-7-13-12(10-5-6-10)11-8-14-15(4-2)9-11/h8-10,12-13H,3-7H2,1-2H3. The van der Waals surface area contributed by atoms with E-state index in [-0.39, 0.29) is 0 Å². The lowest BCUT2D eigenvalue weighted by molar-refractivity contribution is 0.480. The van der Waals surface area contributed by atoms with Gasteiger partial charge in [-0.2, -0.15) is 5.10 Å². The highest BCUT2D eigenvalue weighted by Gasteiger charge is 2.32. The Labute approximate surface area is 91.9 Å². The summed E-state index contributed by atoms with van der Waals surface area (Å²) < 4.78 is 2.01. The van der Waals surface area contributed by atoms with E-state index in [0.717, 1.165) is 19.0 Å². The van der Waals surface area contributed by atoms with Crippen LogP contribution in [0.15, 0.2) is 12.4 Å². The summed E-state index contributed by atoms with van der Waals surface area (Å²) in [6, 6.07) is 0.547. The van der Waals surface area contributed by atoms with Crippen molar-refractivity contribution in [2.75, 3.05) is 6.54 Å². The van der Waals surface area contributed by atoms with Gasteiger partial charge in [-0.1, -0.05) is 6.92 Å². The number of aryl methyl sites for hydroxylation is 1. The molecule has 1 atom stereocenters. The number of nitrogens with zero attached hydrogens (tertiary/aromatic N) is 2. The van der Waals surface area contributed by atoms with Crippen LogP contribution in [0.4, 0.5) is 0 Å². The van der Waals surface area contributed by atoms with Crippen LogP contribution in [0.5, 0.6) is 0 Å². The third-order valence-electron chi connectivity index (χ3n) is 3.04. The molecule has 1 aliphatic rings. The Morgan fingerprint density at radius 2 is 2.33 bits per heavy atom. The maximum Gasteiger partial charge on any atom is 0.0537 e. The quantitative estimate of drug-likeness (QED) is 0.776. The molecule has 1 aromatic rings. The minimum Gasteiger partial charge on any atom is -0.310 e. The van der Waals surface area contributed by atoms with Gasteiger partial charge in [0, 0.05) is 24.3 Å². The van der Waals surface area contributed by atoms with Crippen molar-refractivity contribution in [2.24, 2.45) is 5.92 Å². The fourth-order valence-corrected chi connectivity index (χ4v) is 2.00. The largest absolute Gasteiger partial charge is 0.310 e. The van der Waals surface area contributed by atoms with Crippen molar-refractivity contribution in [3.8, 4) is 0 Å². The average molecular weight is 207 g/mol. The summed E-state index contributed by atoms with van der Waals surface area (Å²) in [6.45, 7) is 6.42. The number of hydrogen-bond acceptors (Lipinski definition) is 2. The third kappa shape index (κ3) is 2.59. The van der Waals surface area contributed by atoms with Crippen molar-refractivity contribution in [2.45, 2.75) is 45.7 Å². The Kier molecular flexibility index (Phi) is 3.41. The molecule has 0 amide bonds. The highest BCUT2D eigenvalue weighted by Crippen LogP contribution is 2.40. The van der Waals surface area contributed by atoms with Gasteiger partial charge in [-0.05, 0) is 38.6 Å². The van der Waals surface area contributed by atoms with E-state index in [1.165, 1.54) is 24.8 Å². The highest BCUT2D eigenvalue weighted by molar-refractivity contribution is 5.14. The van der Waals surface area contributed by atoms with E-state index in [2.05, 4.69) is 30.5 Å². The van der Waals surface area contributed by atoms with E-state index in [0.29, 0.717) is 6.04 Å². The number of aromatic nitrogens is 2. The zero-order chi connectivity index (χ0) is 10.7. The van der Waals surface area contributed by atoms with Crippen LogP contribution < -0.4 is 5.32 Å². The van der Waals surface area contributed by atoms with Crippen molar-refractivity contribution in [3.05, 3.63) is 18.0 Å². The van der Waals surface area contributed by atoms with Gasteiger partial charge in [-0.15, -0.1) is 0 Å². The minimum atomic E-state index is 0.547. The van der Waals surface area contributed by atoms with Crippen LogP contribution in [0.25, 0.3) is 0 Å². The lowest BCUT2D eigenvalue weighted by Crippen LogP contribution is -2.23. The van der Waals surface area contributed by atoms with Gasteiger partial charge in [0.1, 0.15) is 0 Å². The van der Waals surface area contributed by atoms with E-state index in [1.807, 2.05) is 10.9 Å². The van der Waals surface area contributed by atoms with Gasteiger partial charge in [0.25, 0.3) is 0 Å². The maximum absolute atomic E-state index is 4.35. The Bertz CT molecular complexity index is 302. The zero-order valence-corrected chi connectivity index (χ0v) is 9.74. The lowest BCUT2D eigenvalue weighted by atomic mass is 10.1.